The van der Waals surface area contributed by atoms with Gasteiger partial charge in [0.25, 0.3) is 0 Å². The fourth-order valence-electron chi connectivity index (χ4n) is 1.42. The molecule has 5 heteroatoms. The number of aromatic nitrogens is 1. The predicted octanol–water partition coefficient (Wildman–Crippen LogP) is 0.236. The van der Waals surface area contributed by atoms with Crippen molar-refractivity contribution in [1.82, 2.24) is 9.88 Å². The van der Waals surface area contributed by atoms with Gasteiger partial charge in [-0.3, -0.25) is 4.79 Å². The second-order valence-electron chi connectivity index (χ2n) is 3.11. The molecule has 1 N–H and O–H groups in total. The Labute approximate surface area is 79.8 Å². The van der Waals surface area contributed by atoms with Crippen molar-refractivity contribution in [1.29, 1.82) is 0 Å². The number of likely N-dealkylation sites (tertiary alicyclic amines) is 1. The number of nitrogens with zero attached hydrogens (tertiary/aromatic N) is 2. The van der Waals surface area contributed by atoms with Gasteiger partial charge in [-0.15, -0.1) is 11.3 Å². The van der Waals surface area contributed by atoms with E-state index in [9.17, 15) is 9.90 Å². The summed E-state index contributed by atoms with van der Waals surface area (Å²) in [5.74, 6) is 0.0144. The number of hydrogen-bond acceptors (Lipinski definition) is 4. The highest BCUT2D eigenvalue weighted by atomic mass is 32.1. The maximum atomic E-state index is 11.3. The van der Waals surface area contributed by atoms with Gasteiger partial charge in [-0.05, 0) is 0 Å². The summed E-state index contributed by atoms with van der Waals surface area (Å²) in [5, 5.41) is 11.1. The molecule has 0 aromatic carbocycles. The Hall–Kier alpha value is -0.940. The molecule has 0 radical (unpaired) electrons. The van der Waals surface area contributed by atoms with E-state index in [1.807, 2.05) is 5.38 Å². The van der Waals surface area contributed by atoms with Crippen LogP contribution >= 0.6 is 11.3 Å². The third-order valence-corrected chi connectivity index (χ3v) is 2.67. The van der Waals surface area contributed by atoms with Crippen molar-refractivity contribution in [3.05, 3.63) is 16.6 Å². The monoisotopic (exact) mass is 198 g/mol. The molecule has 4 nitrogen and oxygen atoms in total. The van der Waals surface area contributed by atoms with Crippen LogP contribution < -0.4 is 0 Å². The van der Waals surface area contributed by atoms with Gasteiger partial charge in [0.15, 0.2) is 0 Å². The molecule has 1 amide bonds. The number of amides is 1. The SMILES string of the molecule is O=C1CC(O)CN1Cc1cscn1. The Bertz CT molecular complexity index is 299. The summed E-state index contributed by atoms with van der Waals surface area (Å²) in [6.07, 6.45) is -0.240. The molecule has 1 atom stereocenters. The van der Waals surface area contributed by atoms with Gasteiger partial charge in [0.05, 0.1) is 30.3 Å². The van der Waals surface area contributed by atoms with Crippen molar-refractivity contribution >= 4 is 17.2 Å². The minimum atomic E-state index is -0.494. The number of hydrogen-bond donors (Lipinski definition) is 1. The molecule has 0 saturated carbocycles. The van der Waals surface area contributed by atoms with E-state index in [1.54, 1.807) is 10.4 Å². The molecule has 2 heterocycles. The Morgan fingerprint density at radius 1 is 1.77 bits per heavy atom. The van der Waals surface area contributed by atoms with Crippen molar-refractivity contribution in [2.75, 3.05) is 6.54 Å². The number of rotatable bonds is 2. The number of aliphatic hydroxyl groups excluding tert-OH is 1. The summed E-state index contributed by atoms with van der Waals surface area (Å²) < 4.78 is 0. The molecular weight excluding hydrogens is 188 g/mol. The van der Waals surface area contributed by atoms with Gasteiger partial charge in [0.1, 0.15) is 0 Å². The average Bonchev–Trinajstić information content (AvgIpc) is 2.63. The first kappa shape index (κ1) is 8.65. The fourth-order valence-corrected chi connectivity index (χ4v) is 1.96. The third-order valence-electron chi connectivity index (χ3n) is 2.03. The summed E-state index contributed by atoms with van der Waals surface area (Å²) in [6, 6.07) is 0. The maximum absolute atomic E-state index is 11.3. The van der Waals surface area contributed by atoms with Crippen LogP contribution in [0.15, 0.2) is 10.9 Å². The van der Waals surface area contributed by atoms with E-state index in [0.29, 0.717) is 13.1 Å². The zero-order chi connectivity index (χ0) is 9.26. The van der Waals surface area contributed by atoms with Crippen LogP contribution in [0.4, 0.5) is 0 Å². The van der Waals surface area contributed by atoms with Crippen LogP contribution in [0.2, 0.25) is 0 Å². The average molecular weight is 198 g/mol. The molecular formula is C8H10N2O2S. The van der Waals surface area contributed by atoms with Gasteiger partial charge in [0.2, 0.25) is 5.91 Å². The van der Waals surface area contributed by atoms with Crippen molar-refractivity contribution in [3.8, 4) is 0 Å². The van der Waals surface area contributed by atoms with Crippen LogP contribution in [-0.2, 0) is 11.3 Å². The lowest BCUT2D eigenvalue weighted by Crippen LogP contribution is -2.25. The maximum Gasteiger partial charge on any atom is 0.225 e. The molecule has 1 aliphatic rings. The number of thiazole rings is 1. The van der Waals surface area contributed by atoms with Gasteiger partial charge < -0.3 is 10.0 Å². The molecule has 1 saturated heterocycles. The normalized spacial score (nSPS) is 22.7. The summed E-state index contributed by atoms with van der Waals surface area (Å²) in [6.45, 7) is 0.968. The molecule has 1 unspecified atom stereocenters. The highest BCUT2D eigenvalue weighted by Gasteiger charge is 2.27. The largest absolute Gasteiger partial charge is 0.391 e. The van der Waals surface area contributed by atoms with Crippen LogP contribution in [0.3, 0.4) is 0 Å². The number of β-amino-alcohol motifs (C(OH)–C–C–N with tert-alkyl or cyclic N) is 1. The zero-order valence-electron chi connectivity index (χ0n) is 7.01. The highest BCUT2D eigenvalue weighted by Crippen LogP contribution is 2.14. The van der Waals surface area contributed by atoms with E-state index >= 15 is 0 Å². The van der Waals surface area contributed by atoms with Crippen molar-refractivity contribution < 1.29 is 9.90 Å². The smallest absolute Gasteiger partial charge is 0.225 e. The number of carbonyl (C=O) groups excluding carboxylic acids is 1. The summed E-state index contributed by atoms with van der Waals surface area (Å²) in [4.78, 5) is 17.0. The molecule has 0 aliphatic carbocycles. The van der Waals surface area contributed by atoms with E-state index in [1.165, 1.54) is 11.3 Å². The van der Waals surface area contributed by atoms with Crippen molar-refractivity contribution in [2.24, 2.45) is 0 Å². The van der Waals surface area contributed by atoms with Crippen LogP contribution in [0.25, 0.3) is 0 Å². The Balaban J connectivity index is 1.99. The molecule has 0 spiro atoms. The second kappa shape index (κ2) is 3.43. The molecule has 1 aromatic heterocycles. The zero-order valence-corrected chi connectivity index (χ0v) is 7.83. The summed E-state index contributed by atoms with van der Waals surface area (Å²) in [7, 11) is 0. The van der Waals surface area contributed by atoms with E-state index < -0.39 is 6.10 Å². The lowest BCUT2D eigenvalue weighted by atomic mass is 10.3. The Morgan fingerprint density at radius 2 is 2.62 bits per heavy atom. The van der Waals surface area contributed by atoms with Crippen LogP contribution in [0, 0.1) is 0 Å². The summed E-state index contributed by atoms with van der Waals surface area (Å²) in [5.41, 5.74) is 2.64. The van der Waals surface area contributed by atoms with E-state index in [0.717, 1.165) is 5.69 Å². The number of aliphatic hydroxyl groups is 1. The first-order valence-corrected chi connectivity index (χ1v) is 5.03. The molecule has 1 aliphatic heterocycles. The lowest BCUT2D eigenvalue weighted by Gasteiger charge is -2.13. The first-order valence-electron chi connectivity index (χ1n) is 4.08. The second-order valence-corrected chi connectivity index (χ2v) is 3.83. The van der Waals surface area contributed by atoms with E-state index in [2.05, 4.69) is 4.98 Å². The van der Waals surface area contributed by atoms with Gasteiger partial charge >= 0.3 is 0 Å². The molecule has 0 bridgehead atoms. The van der Waals surface area contributed by atoms with Crippen molar-refractivity contribution in [3.63, 3.8) is 0 Å². The molecule has 70 valence electrons. The fraction of sp³-hybridized carbons (Fsp3) is 0.500. The molecule has 1 aromatic rings. The van der Waals surface area contributed by atoms with E-state index in [4.69, 9.17) is 0 Å². The summed E-state index contributed by atoms with van der Waals surface area (Å²) >= 11 is 1.51. The van der Waals surface area contributed by atoms with Crippen LogP contribution in [0.1, 0.15) is 12.1 Å². The van der Waals surface area contributed by atoms with Gasteiger partial charge in [-0.1, -0.05) is 0 Å². The Morgan fingerprint density at radius 3 is 3.15 bits per heavy atom. The van der Waals surface area contributed by atoms with Gasteiger partial charge in [-0.2, -0.15) is 0 Å². The molecule has 1 fully saturated rings. The van der Waals surface area contributed by atoms with Gasteiger partial charge in [0, 0.05) is 11.9 Å². The topological polar surface area (TPSA) is 53.4 Å². The minimum Gasteiger partial charge on any atom is -0.391 e. The minimum absolute atomic E-state index is 0.0144. The lowest BCUT2D eigenvalue weighted by molar-refractivity contribution is -0.128. The van der Waals surface area contributed by atoms with Gasteiger partial charge in [-0.25, -0.2) is 4.98 Å². The van der Waals surface area contributed by atoms with Crippen molar-refractivity contribution in [2.45, 2.75) is 19.1 Å². The highest BCUT2D eigenvalue weighted by molar-refractivity contribution is 7.07. The standard InChI is InChI=1S/C8H10N2O2S/c11-7-1-8(12)10(3-7)2-6-4-13-5-9-6/h4-5,7,11H,1-3H2. The predicted molar refractivity (Wildman–Crippen MR) is 48.2 cm³/mol. The first-order chi connectivity index (χ1) is 6.25. The number of carbonyl (C=O) groups is 1. The van der Waals surface area contributed by atoms with Crippen LogP contribution in [0.5, 0.6) is 0 Å². The third kappa shape index (κ3) is 1.87. The van der Waals surface area contributed by atoms with Crippen LogP contribution in [-0.4, -0.2) is 33.5 Å². The quantitative estimate of drug-likeness (QED) is 0.740. The van der Waals surface area contributed by atoms with E-state index in [-0.39, 0.29) is 12.3 Å². The molecule has 2 rings (SSSR count). The molecule has 13 heavy (non-hydrogen) atoms. The Kier molecular flexibility index (Phi) is 2.28.